The van der Waals surface area contributed by atoms with Gasteiger partial charge < -0.3 is 65.0 Å². The average Bonchev–Trinajstić information content (AvgIpc) is 4.27. The molecule has 5 amide bonds. The fourth-order valence-corrected chi connectivity index (χ4v) is 12.1. The van der Waals surface area contributed by atoms with E-state index >= 15 is 0 Å². The molecule has 0 spiro atoms. The number of benzene rings is 3. The molecule has 0 unspecified atom stereocenters. The van der Waals surface area contributed by atoms with Crippen molar-refractivity contribution < 1.29 is 57.4 Å². The van der Waals surface area contributed by atoms with E-state index in [0.717, 1.165) is 43.4 Å². The summed E-state index contributed by atoms with van der Waals surface area (Å²) in [6.45, 7) is 16.8. The lowest BCUT2D eigenvalue weighted by Gasteiger charge is -2.28. The number of nitrogens with zero attached hydrogens (tertiary/aromatic N) is 6. The van der Waals surface area contributed by atoms with Crippen LogP contribution in [0.4, 0.5) is 4.79 Å². The van der Waals surface area contributed by atoms with Crippen molar-refractivity contribution in [2.75, 3.05) is 39.4 Å². The summed E-state index contributed by atoms with van der Waals surface area (Å²) in [6, 6.07) is 22.7. The molecule has 0 saturated carbocycles. The van der Waals surface area contributed by atoms with Crippen molar-refractivity contribution in [1.29, 1.82) is 0 Å². The molecule has 2 fully saturated rings. The van der Waals surface area contributed by atoms with Gasteiger partial charge in [-0.15, -0.1) is 22.7 Å². The summed E-state index contributed by atoms with van der Waals surface area (Å²) in [5.41, 5.74) is 16.7. The molecule has 2 aliphatic rings. The number of aliphatic hydroxyl groups is 2. The number of β-amino-alcohol motifs (C(OH)–C–C–N with tert-alkyl or cyclic N) is 2. The molecular weight excluding hydrogens is 1140 g/mol. The highest BCUT2D eigenvalue weighted by molar-refractivity contribution is 7.13. The molecule has 7 aromatic rings. The Labute approximate surface area is 507 Å². The van der Waals surface area contributed by atoms with E-state index < -0.39 is 42.2 Å². The highest BCUT2D eigenvalue weighted by atomic mass is 32.1. The third-order valence-electron chi connectivity index (χ3n) is 14.8. The highest BCUT2D eigenvalue weighted by Crippen LogP contribution is 2.36. The van der Waals surface area contributed by atoms with Crippen LogP contribution in [0.3, 0.4) is 0 Å². The van der Waals surface area contributed by atoms with Crippen LogP contribution < -0.4 is 31.2 Å². The second-order valence-electron chi connectivity index (χ2n) is 22.1. The number of hydrogen-bond acceptors (Lipinski definition) is 19. The molecule has 86 heavy (non-hydrogen) atoms. The summed E-state index contributed by atoms with van der Waals surface area (Å²) in [4.78, 5) is 80.1. The van der Waals surface area contributed by atoms with Crippen LogP contribution in [0.15, 0.2) is 98.9 Å². The fraction of sp³-hybridized carbons (Fsp3) is 0.435. The SMILES string of the molecule is Cc1cc([C@H](C(=O)N2C[C@H](O)C[C@H]2C(=O)NCc2ccc(-c3scnc3C)cc2OCCN)C(C)C)on1.Cc1cc([C@H](C(=O)N2C[C@H](O)C[C@H]2C(=O)NCc2ccc(-c3scnc3C)cc2OCCNC(=O)OCc2ccccc2)C(C)C)on1. The molecule has 4 aromatic heterocycles. The second-order valence-corrected chi connectivity index (χ2v) is 23.8. The number of carbonyl (C=O) groups excluding carboxylic acids is 5. The Kier molecular flexibility index (Phi) is 22.2. The van der Waals surface area contributed by atoms with Gasteiger partial charge in [0.05, 0.1) is 62.3 Å². The van der Waals surface area contributed by atoms with E-state index in [1.807, 2.05) is 108 Å². The number of amides is 5. The molecule has 2 aliphatic heterocycles. The number of carbonyl (C=O) groups is 5. The monoisotopic (exact) mass is 1220 g/mol. The summed E-state index contributed by atoms with van der Waals surface area (Å²) in [5, 5.41) is 37.3. The van der Waals surface area contributed by atoms with Crippen LogP contribution in [0.5, 0.6) is 11.5 Å². The molecule has 0 radical (unpaired) electrons. The summed E-state index contributed by atoms with van der Waals surface area (Å²) in [6.07, 6.45) is -1.89. The van der Waals surface area contributed by atoms with Crippen LogP contribution in [0.2, 0.25) is 0 Å². The first-order valence-electron chi connectivity index (χ1n) is 28.7. The highest BCUT2D eigenvalue weighted by Gasteiger charge is 2.45. The van der Waals surface area contributed by atoms with E-state index in [1.165, 1.54) is 21.1 Å². The van der Waals surface area contributed by atoms with Gasteiger partial charge in [-0.1, -0.05) is 92.6 Å². The number of nitrogens with one attached hydrogen (secondary N) is 3. The van der Waals surface area contributed by atoms with Crippen LogP contribution in [0.25, 0.3) is 20.9 Å². The van der Waals surface area contributed by atoms with Gasteiger partial charge >= 0.3 is 6.09 Å². The zero-order valence-corrected chi connectivity index (χ0v) is 51.2. The van der Waals surface area contributed by atoms with Crippen LogP contribution in [-0.4, -0.2) is 134 Å². The number of alkyl carbamates (subject to hydrolysis) is 1. The van der Waals surface area contributed by atoms with Gasteiger partial charge in [0.25, 0.3) is 0 Å². The normalized spacial score (nSPS) is 17.2. The molecule has 6 heterocycles. The van der Waals surface area contributed by atoms with E-state index in [0.29, 0.717) is 53.1 Å². The molecule has 24 heteroatoms. The van der Waals surface area contributed by atoms with Crippen molar-refractivity contribution in [3.05, 3.63) is 141 Å². The van der Waals surface area contributed by atoms with E-state index in [9.17, 15) is 34.2 Å². The smallest absolute Gasteiger partial charge is 0.407 e. The van der Waals surface area contributed by atoms with Crippen LogP contribution in [-0.2, 0) is 43.6 Å². The third-order valence-corrected chi connectivity index (χ3v) is 16.7. The van der Waals surface area contributed by atoms with Crippen molar-refractivity contribution in [1.82, 2.24) is 46.0 Å². The van der Waals surface area contributed by atoms with Crippen molar-refractivity contribution in [2.45, 2.75) is 124 Å². The number of thiazole rings is 2. The van der Waals surface area contributed by atoms with Crippen LogP contribution >= 0.6 is 22.7 Å². The Balaban J connectivity index is 0.000000230. The Hall–Kier alpha value is -8.03. The van der Waals surface area contributed by atoms with Crippen LogP contribution in [0.1, 0.15) is 103 Å². The minimum absolute atomic E-state index is 0.0469. The maximum atomic E-state index is 13.8. The van der Waals surface area contributed by atoms with Crippen molar-refractivity contribution in [3.8, 4) is 32.4 Å². The van der Waals surface area contributed by atoms with Gasteiger partial charge in [0.15, 0.2) is 0 Å². The number of ether oxygens (including phenoxy) is 3. The number of aromatic nitrogens is 4. The molecule has 3 aromatic carbocycles. The molecule has 6 atom stereocenters. The van der Waals surface area contributed by atoms with E-state index in [4.69, 9.17) is 29.0 Å². The Morgan fingerprint density at radius 3 is 1.52 bits per heavy atom. The van der Waals surface area contributed by atoms with Crippen LogP contribution in [0, 0.1) is 39.5 Å². The Bertz CT molecular complexity index is 3420. The lowest BCUT2D eigenvalue weighted by Crippen LogP contribution is -2.48. The number of nitrogens with two attached hydrogens (primary N) is 1. The maximum absolute atomic E-state index is 13.8. The molecular formula is C62H76N10O12S2. The summed E-state index contributed by atoms with van der Waals surface area (Å²) < 4.78 is 28.1. The predicted molar refractivity (Wildman–Crippen MR) is 323 cm³/mol. The summed E-state index contributed by atoms with van der Waals surface area (Å²) in [5.74, 6) is -0.663. The first kappa shape index (κ1) is 64.0. The second kappa shape index (κ2) is 29.9. The quantitative estimate of drug-likeness (QED) is 0.0338. The first-order chi connectivity index (χ1) is 41.3. The predicted octanol–water partition coefficient (Wildman–Crippen LogP) is 7.51. The van der Waals surface area contributed by atoms with Gasteiger partial charge in [-0.05, 0) is 68.4 Å². The van der Waals surface area contributed by atoms with Gasteiger partial charge in [0, 0.05) is 68.8 Å². The topological polar surface area (TPSA) is 300 Å². The molecule has 7 N–H and O–H groups in total. The Morgan fingerprint density at radius 2 is 1.12 bits per heavy atom. The fourth-order valence-electron chi connectivity index (χ4n) is 10.5. The van der Waals surface area contributed by atoms with Crippen molar-refractivity contribution >= 4 is 52.4 Å². The van der Waals surface area contributed by atoms with E-state index in [2.05, 4.69) is 36.2 Å². The molecule has 0 bridgehead atoms. The number of hydrogen-bond donors (Lipinski definition) is 6. The number of rotatable bonds is 23. The van der Waals surface area contributed by atoms with Gasteiger partial charge in [-0.2, -0.15) is 0 Å². The summed E-state index contributed by atoms with van der Waals surface area (Å²) in [7, 11) is 0. The molecule has 458 valence electrons. The zero-order chi connectivity index (χ0) is 61.6. The molecule has 2 saturated heterocycles. The van der Waals surface area contributed by atoms with Gasteiger partial charge in [0.1, 0.15) is 66.8 Å². The van der Waals surface area contributed by atoms with Crippen molar-refractivity contribution in [3.63, 3.8) is 0 Å². The number of aliphatic hydroxyl groups excluding tert-OH is 2. The largest absolute Gasteiger partial charge is 0.492 e. The number of aryl methyl sites for hydroxylation is 4. The standard InChI is InChI=1S/C35H41N5O7S.C27H35N5O5S/c1-21(2)31(30-14-22(3)39-47-30)34(43)40-18-27(41)16-28(40)33(42)37-17-26-11-10-25(32-23(4)38-20-48-32)15-29(26)45-13-12-36-35(44)46-19-24-8-6-5-7-9-24;1-15(2)24(23-9-16(3)31-37-23)27(35)32-13-20(33)11-21(32)26(34)29-12-19-6-5-18(10-22(19)36-8-7-28)25-17(4)30-14-38-25/h5-11,14-15,20-21,27-28,31,41H,12-13,16-19H2,1-4H3,(H,36,44)(H,37,42);5-6,9-10,14-15,20-21,24,33H,7-8,11-13,28H2,1-4H3,(H,29,34)/t27-,28+,31-;20-,21+,24-/m11/s1. The zero-order valence-electron chi connectivity index (χ0n) is 49.6. The summed E-state index contributed by atoms with van der Waals surface area (Å²) >= 11 is 3.06. The van der Waals surface area contributed by atoms with Gasteiger partial charge in [-0.3, -0.25) is 19.2 Å². The molecule has 22 nitrogen and oxygen atoms in total. The van der Waals surface area contributed by atoms with E-state index in [1.54, 1.807) is 48.3 Å². The van der Waals surface area contributed by atoms with Gasteiger partial charge in [-0.25, -0.2) is 14.8 Å². The third kappa shape index (κ3) is 16.3. The minimum Gasteiger partial charge on any atom is -0.492 e. The van der Waals surface area contributed by atoms with Gasteiger partial charge in [0.2, 0.25) is 23.6 Å². The Morgan fingerprint density at radius 1 is 0.651 bits per heavy atom. The molecule has 9 rings (SSSR count). The van der Waals surface area contributed by atoms with Crippen molar-refractivity contribution in [2.24, 2.45) is 17.6 Å². The average molecular weight is 1220 g/mol. The maximum Gasteiger partial charge on any atom is 0.407 e. The minimum atomic E-state index is -0.854. The molecule has 0 aliphatic carbocycles. The lowest BCUT2D eigenvalue weighted by atomic mass is 9.91. The number of likely N-dealkylation sites (tertiary alicyclic amines) is 2. The van der Waals surface area contributed by atoms with E-state index in [-0.39, 0.29) is 94.2 Å². The first-order valence-corrected chi connectivity index (χ1v) is 30.4. The lowest BCUT2D eigenvalue weighted by molar-refractivity contribution is -0.141.